The van der Waals surface area contributed by atoms with Gasteiger partial charge in [-0.3, -0.25) is 4.79 Å². The predicted octanol–water partition coefficient (Wildman–Crippen LogP) is 3.83. The van der Waals surface area contributed by atoms with Crippen LogP contribution in [0.4, 0.5) is 0 Å². The van der Waals surface area contributed by atoms with Crippen LogP contribution in [0, 0.1) is 29.6 Å². The largest absolute Gasteiger partial charge is 0.297 e. The summed E-state index contributed by atoms with van der Waals surface area (Å²) in [6.07, 6.45) is 4.10. The molecule has 18 heavy (non-hydrogen) atoms. The van der Waals surface area contributed by atoms with E-state index in [1.54, 1.807) is 0 Å². The summed E-state index contributed by atoms with van der Waals surface area (Å²) < 4.78 is 0. The zero-order chi connectivity index (χ0) is 12.3. The third-order valence-corrected chi connectivity index (χ3v) is 5.87. The molecule has 0 aliphatic heterocycles. The van der Waals surface area contributed by atoms with Crippen molar-refractivity contribution >= 4 is 17.4 Å². The first-order valence-electron chi connectivity index (χ1n) is 7.00. The van der Waals surface area contributed by atoms with Crippen LogP contribution in [-0.2, 0) is 4.79 Å². The molecule has 0 heterocycles. The lowest BCUT2D eigenvalue weighted by Gasteiger charge is -2.12. The molecule has 5 atom stereocenters. The van der Waals surface area contributed by atoms with Gasteiger partial charge in [-0.1, -0.05) is 30.3 Å². The first kappa shape index (κ1) is 11.0. The Labute approximate surface area is 113 Å². The predicted molar refractivity (Wildman–Crippen MR) is 71.3 cm³/mol. The van der Waals surface area contributed by atoms with E-state index in [1.807, 2.05) is 30.3 Å². The molecule has 1 aromatic rings. The van der Waals surface area contributed by atoms with Crippen LogP contribution >= 0.6 is 11.6 Å². The first-order valence-corrected chi connectivity index (χ1v) is 7.44. The number of rotatable bonds is 3. The molecule has 0 spiro atoms. The topological polar surface area (TPSA) is 17.1 Å². The van der Waals surface area contributed by atoms with E-state index in [0.29, 0.717) is 17.8 Å². The van der Waals surface area contributed by atoms with Gasteiger partial charge in [-0.15, -0.1) is 11.6 Å². The molecule has 1 aromatic carbocycles. The van der Waals surface area contributed by atoms with Crippen molar-refractivity contribution in [1.82, 2.24) is 0 Å². The van der Waals surface area contributed by atoms with Crippen LogP contribution in [0.15, 0.2) is 30.3 Å². The smallest absolute Gasteiger partial charge is 0.158 e. The molecule has 0 radical (unpaired) electrons. The minimum Gasteiger partial charge on any atom is -0.297 e. The van der Waals surface area contributed by atoms with E-state index in [2.05, 4.69) is 0 Å². The first-order chi connectivity index (χ1) is 8.77. The van der Waals surface area contributed by atoms with Crippen molar-refractivity contribution in [3.05, 3.63) is 35.9 Å². The molecule has 2 heteroatoms. The molecule has 4 rings (SSSR count). The van der Waals surface area contributed by atoms with Gasteiger partial charge in [-0.25, -0.2) is 0 Å². The average molecular weight is 261 g/mol. The summed E-state index contributed by atoms with van der Waals surface area (Å²) in [5, 5.41) is -0.429. The summed E-state index contributed by atoms with van der Waals surface area (Å²) >= 11 is 6.37. The fourth-order valence-corrected chi connectivity index (χ4v) is 4.95. The van der Waals surface area contributed by atoms with Gasteiger partial charge < -0.3 is 0 Å². The lowest BCUT2D eigenvalue weighted by atomic mass is 9.96. The van der Waals surface area contributed by atoms with Gasteiger partial charge in [-0.2, -0.15) is 0 Å². The van der Waals surface area contributed by atoms with Crippen LogP contribution in [0.2, 0.25) is 0 Å². The Morgan fingerprint density at radius 1 is 1.11 bits per heavy atom. The Morgan fingerprint density at radius 2 is 1.72 bits per heavy atom. The lowest BCUT2D eigenvalue weighted by Crippen LogP contribution is -2.14. The number of hydrogen-bond acceptors (Lipinski definition) is 1. The van der Waals surface area contributed by atoms with Gasteiger partial charge in [0.1, 0.15) is 5.38 Å². The van der Waals surface area contributed by atoms with Crippen LogP contribution in [0.1, 0.15) is 30.2 Å². The van der Waals surface area contributed by atoms with Gasteiger partial charge >= 0.3 is 0 Å². The zero-order valence-corrected chi connectivity index (χ0v) is 11.0. The minimum atomic E-state index is -0.429. The van der Waals surface area contributed by atoms with E-state index in [9.17, 15) is 4.79 Å². The highest BCUT2D eigenvalue weighted by molar-refractivity contribution is 6.31. The number of benzene rings is 1. The van der Waals surface area contributed by atoms with Crippen molar-refractivity contribution in [3.8, 4) is 0 Å². The molecule has 2 bridgehead atoms. The number of carbonyl (C=O) groups excluding carboxylic acids is 1. The molecule has 3 fully saturated rings. The molecule has 3 aliphatic carbocycles. The number of hydrogen-bond donors (Lipinski definition) is 0. The van der Waals surface area contributed by atoms with Gasteiger partial charge in [0.15, 0.2) is 5.78 Å². The molecular formula is C16H17ClO. The second-order valence-electron chi connectivity index (χ2n) is 6.19. The van der Waals surface area contributed by atoms with Gasteiger partial charge in [-0.05, 0) is 48.5 Å². The summed E-state index contributed by atoms with van der Waals surface area (Å²) in [6.45, 7) is 0. The third-order valence-electron chi connectivity index (χ3n) is 5.41. The minimum absolute atomic E-state index is 0.287. The summed E-state index contributed by atoms with van der Waals surface area (Å²) in [5.74, 6) is 3.65. The highest BCUT2D eigenvalue weighted by Gasteiger charge is 2.67. The molecular weight excluding hydrogens is 244 g/mol. The van der Waals surface area contributed by atoms with Crippen LogP contribution in [0.5, 0.6) is 0 Å². The van der Waals surface area contributed by atoms with Gasteiger partial charge in [0.05, 0.1) is 0 Å². The maximum absolute atomic E-state index is 12.5. The maximum atomic E-state index is 12.5. The van der Waals surface area contributed by atoms with Gasteiger partial charge in [0, 0.05) is 5.92 Å². The molecule has 0 amide bonds. The molecule has 0 saturated heterocycles. The standard InChI is InChI=1S/C16H17ClO/c17-15(9-4-2-1-3-5-9)16(18)14-12-10-6-7-11(8-10)13(12)14/h1-5,10-15H,6-8H2. The monoisotopic (exact) mass is 260 g/mol. The fourth-order valence-electron chi connectivity index (χ4n) is 4.66. The molecule has 3 saturated carbocycles. The summed E-state index contributed by atoms with van der Waals surface area (Å²) in [5.41, 5.74) is 0.960. The van der Waals surface area contributed by atoms with Crippen molar-refractivity contribution < 1.29 is 4.79 Å². The highest BCUT2D eigenvalue weighted by atomic mass is 35.5. The second kappa shape index (κ2) is 3.84. The maximum Gasteiger partial charge on any atom is 0.158 e. The molecule has 0 N–H and O–H groups in total. The Morgan fingerprint density at radius 3 is 2.33 bits per heavy atom. The van der Waals surface area contributed by atoms with Crippen molar-refractivity contribution in [2.24, 2.45) is 29.6 Å². The fraction of sp³-hybridized carbons (Fsp3) is 0.562. The summed E-state index contributed by atoms with van der Waals surface area (Å²) in [6, 6.07) is 9.79. The summed E-state index contributed by atoms with van der Waals surface area (Å²) in [7, 11) is 0. The van der Waals surface area contributed by atoms with Crippen molar-refractivity contribution in [2.45, 2.75) is 24.6 Å². The van der Waals surface area contributed by atoms with Crippen molar-refractivity contribution in [2.75, 3.05) is 0 Å². The molecule has 94 valence electrons. The van der Waals surface area contributed by atoms with E-state index in [-0.39, 0.29) is 5.78 Å². The Balaban J connectivity index is 1.52. The van der Waals surface area contributed by atoms with Crippen LogP contribution in [0.3, 0.4) is 0 Å². The molecule has 5 unspecified atom stereocenters. The van der Waals surface area contributed by atoms with E-state index < -0.39 is 5.38 Å². The van der Waals surface area contributed by atoms with Gasteiger partial charge in [0.2, 0.25) is 0 Å². The van der Waals surface area contributed by atoms with E-state index in [1.165, 1.54) is 19.3 Å². The lowest BCUT2D eigenvalue weighted by molar-refractivity contribution is -0.121. The van der Waals surface area contributed by atoms with Gasteiger partial charge in [0.25, 0.3) is 0 Å². The Hall–Kier alpha value is -0.820. The van der Waals surface area contributed by atoms with Crippen LogP contribution < -0.4 is 0 Å². The molecule has 0 aromatic heterocycles. The number of halogens is 1. The zero-order valence-electron chi connectivity index (χ0n) is 10.3. The van der Waals surface area contributed by atoms with E-state index in [4.69, 9.17) is 11.6 Å². The Bertz CT molecular complexity index is 467. The number of carbonyl (C=O) groups is 1. The van der Waals surface area contributed by atoms with Crippen molar-refractivity contribution in [3.63, 3.8) is 0 Å². The SMILES string of the molecule is O=C(C(Cl)c1ccccc1)C1C2C3CCC(C3)C12. The molecule has 1 nitrogen and oxygen atoms in total. The normalized spacial score (nSPS) is 41.5. The number of alkyl halides is 1. The van der Waals surface area contributed by atoms with Crippen molar-refractivity contribution in [1.29, 1.82) is 0 Å². The quantitative estimate of drug-likeness (QED) is 0.755. The number of Topliss-reactive ketones (excluding diaryl/α,β-unsaturated/α-hetero) is 1. The third kappa shape index (κ3) is 1.43. The number of fused-ring (bicyclic) bond motifs is 5. The second-order valence-corrected chi connectivity index (χ2v) is 6.63. The summed E-state index contributed by atoms with van der Waals surface area (Å²) in [4.78, 5) is 12.5. The van der Waals surface area contributed by atoms with Crippen LogP contribution in [0.25, 0.3) is 0 Å². The Kier molecular flexibility index (Phi) is 2.35. The average Bonchev–Trinajstić information content (AvgIpc) is 2.85. The van der Waals surface area contributed by atoms with E-state index in [0.717, 1.165) is 17.4 Å². The number of ketones is 1. The van der Waals surface area contributed by atoms with E-state index >= 15 is 0 Å². The molecule has 3 aliphatic rings. The highest BCUT2D eigenvalue weighted by Crippen LogP contribution is 2.70. The van der Waals surface area contributed by atoms with Crippen LogP contribution in [-0.4, -0.2) is 5.78 Å².